The normalized spacial score (nSPS) is 11.1. The Morgan fingerprint density at radius 3 is 2.77 bits per heavy atom. The zero-order chi connectivity index (χ0) is 21.3. The van der Waals surface area contributed by atoms with Crippen LogP contribution in [-0.2, 0) is 19.4 Å². The molecule has 0 saturated carbocycles. The molecule has 1 aromatic carbocycles. The van der Waals surface area contributed by atoms with Crippen molar-refractivity contribution >= 4 is 27.5 Å². The molecule has 3 heterocycles. The topological polar surface area (TPSA) is 94.6 Å². The highest BCUT2D eigenvalue weighted by atomic mass is 32.1. The molecule has 0 saturated heterocycles. The first-order chi connectivity index (χ1) is 14.5. The average Bonchev–Trinajstić information content (AvgIpc) is 3.38. The molecule has 1 N–H and O–H groups in total. The van der Waals surface area contributed by atoms with Crippen LogP contribution in [0.25, 0.3) is 10.2 Å². The van der Waals surface area contributed by atoms with Gasteiger partial charge in [0.1, 0.15) is 22.2 Å². The summed E-state index contributed by atoms with van der Waals surface area (Å²) in [5, 5.41) is 9.67. The first kappa shape index (κ1) is 19.9. The third kappa shape index (κ3) is 3.73. The molecule has 0 aliphatic heterocycles. The van der Waals surface area contributed by atoms with E-state index in [1.54, 1.807) is 17.7 Å². The highest BCUT2D eigenvalue weighted by Crippen LogP contribution is 2.25. The fourth-order valence-corrected chi connectivity index (χ4v) is 4.31. The second-order valence-electron chi connectivity index (χ2n) is 6.76. The van der Waals surface area contributed by atoms with Crippen molar-refractivity contribution in [2.24, 2.45) is 0 Å². The summed E-state index contributed by atoms with van der Waals surface area (Å²) in [5.41, 5.74) is 0.729. The van der Waals surface area contributed by atoms with Crippen molar-refractivity contribution in [1.29, 1.82) is 0 Å². The Morgan fingerprint density at radius 1 is 1.27 bits per heavy atom. The molecule has 4 aromatic rings. The molecule has 7 nitrogen and oxygen atoms in total. The second kappa shape index (κ2) is 8.16. The van der Waals surface area contributed by atoms with Crippen LogP contribution < -0.4 is 10.3 Å². The van der Waals surface area contributed by atoms with Gasteiger partial charge in [-0.2, -0.15) is 0 Å². The van der Waals surface area contributed by atoms with E-state index in [-0.39, 0.29) is 17.9 Å². The molecule has 0 radical (unpaired) electrons. The molecule has 30 heavy (non-hydrogen) atoms. The van der Waals surface area contributed by atoms with Gasteiger partial charge in [0.2, 0.25) is 5.76 Å². The third-order valence-electron chi connectivity index (χ3n) is 4.86. The van der Waals surface area contributed by atoms with Gasteiger partial charge < -0.3 is 14.3 Å². The number of thiophene rings is 1. The van der Waals surface area contributed by atoms with Gasteiger partial charge in [0.25, 0.3) is 5.56 Å². The third-order valence-corrected chi connectivity index (χ3v) is 6.03. The molecular formula is C22H20N2O5S. The second-order valence-corrected chi connectivity index (χ2v) is 7.88. The fraction of sp³-hybridized carbons (Fsp3) is 0.227. The van der Waals surface area contributed by atoms with Crippen LogP contribution in [0.2, 0.25) is 0 Å². The lowest BCUT2D eigenvalue weighted by Crippen LogP contribution is -2.25. The van der Waals surface area contributed by atoms with Gasteiger partial charge in [-0.25, -0.2) is 9.78 Å². The van der Waals surface area contributed by atoms with Crippen LogP contribution in [0.1, 0.15) is 39.5 Å². The number of rotatable bonds is 7. The van der Waals surface area contributed by atoms with Crippen LogP contribution in [-0.4, -0.2) is 27.7 Å². The minimum absolute atomic E-state index is 0.0941. The van der Waals surface area contributed by atoms with E-state index in [2.05, 4.69) is 0 Å². The lowest BCUT2D eigenvalue weighted by atomic mass is 10.1. The number of hydrogen-bond acceptors (Lipinski definition) is 6. The van der Waals surface area contributed by atoms with Gasteiger partial charge in [-0.1, -0.05) is 25.1 Å². The molecule has 0 fully saturated rings. The van der Waals surface area contributed by atoms with Crippen LogP contribution in [0.4, 0.5) is 0 Å². The summed E-state index contributed by atoms with van der Waals surface area (Å²) in [5.74, 6) is 0.339. The Bertz CT molecular complexity index is 1280. The zero-order valence-corrected chi connectivity index (χ0v) is 17.4. The summed E-state index contributed by atoms with van der Waals surface area (Å²) >= 11 is 1.51. The molecule has 3 aromatic heterocycles. The van der Waals surface area contributed by atoms with E-state index in [4.69, 9.17) is 19.2 Å². The Labute approximate surface area is 176 Å². The summed E-state index contributed by atoms with van der Waals surface area (Å²) in [4.78, 5) is 31.0. The van der Waals surface area contributed by atoms with Crippen molar-refractivity contribution in [3.63, 3.8) is 0 Å². The quantitative estimate of drug-likeness (QED) is 0.483. The summed E-state index contributed by atoms with van der Waals surface area (Å²) in [7, 11) is 1.60. The molecule has 0 unspecified atom stereocenters. The van der Waals surface area contributed by atoms with Gasteiger partial charge in [0.15, 0.2) is 0 Å². The largest absolute Gasteiger partial charge is 0.496 e. The number of hydrogen-bond donors (Lipinski definition) is 1. The van der Waals surface area contributed by atoms with Gasteiger partial charge >= 0.3 is 5.97 Å². The van der Waals surface area contributed by atoms with Gasteiger partial charge in [-0.15, -0.1) is 11.3 Å². The predicted octanol–water partition coefficient (Wildman–Crippen LogP) is 3.96. The molecule has 8 heteroatoms. The van der Waals surface area contributed by atoms with Crippen LogP contribution in [0.3, 0.4) is 0 Å². The average molecular weight is 424 g/mol. The SMILES string of the molecule is CCc1cc2c(=O)n(Cc3ccc(C(=O)O)o3)c(Cc3ccccc3OC)nc2s1. The molecule has 0 amide bonds. The maximum Gasteiger partial charge on any atom is 0.371 e. The minimum atomic E-state index is -1.15. The lowest BCUT2D eigenvalue weighted by molar-refractivity contribution is 0.0660. The molecule has 0 atom stereocenters. The molecule has 0 aliphatic rings. The highest BCUT2D eigenvalue weighted by Gasteiger charge is 2.18. The number of ether oxygens (including phenoxy) is 1. The molecule has 4 rings (SSSR count). The van der Waals surface area contributed by atoms with Gasteiger partial charge in [0.05, 0.1) is 19.0 Å². The molecule has 0 bridgehead atoms. The number of aryl methyl sites for hydroxylation is 1. The zero-order valence-electron chi connectivity index (χ0n) is 16.5. The Hall–Kier alpha value is -3.39. The van der Waals surface area contributed by atoms with Gasteiger partial charge in [-0.3, -0.25) is 9.36 Å². The van der Waals surface area contributed by atoms with E-state index < -0.39 is 5.97 Å². The number of nitrogens with zero attached hydrogens (tertiary/aromatic N) is 2. The van der Waals surface area contributed by atoms with Gasteiger partial charge in [-0.05, 0) is 30.7 Å². The van der Waals surface area contributed by atoms with Crippen LogP contribution >= 0.6 is 11.3 Å². The lowest BCUT2D eigenvalue weighted by Gasteiger charge is -2.13. The monoisotopic (exact) mass is 424 g/mol. The van der Waals surface area contributed by atoms with Crippen molar-refractivity contribution < 1.29 is 19.1 Å². The van der Waals surface area contributed by atoms with Gasteiger partial charge in [0, 0.05) is 16.9 Å². The Balaban J connectivity index is 1.84. The Kier molecular flexibility index (Phi) is 5.41. The van der Waals surface area contributed by atoms with E-state index in [1.165, 1.54) is 17.4 Å². The number of fused-ring (bicyclic) bond motifs is 1. The maximum absolute atomic E-state index is 13.3. The number of carbonyl (C=O) groups is 1. The summed E-state index contributed by atoms with van der Waals surface area (Å²) < 4.78 is 12.4. The number of para-hydroxylation sites is 1. The number of benzene rings is 1. The van der Waals surface area contributed by atoms with Crippen molar-refractivity contribution in [2.45, 2.75) is 26.3 Å². The predicted molar refractivity (Wildman–Crippen MR) is 114 cm³/mol. The smallest absolute Gasteiger partial charge is 0.371 e. The first-order valence-corrected chi connectivity index (χ1v) is 10.3. The van der Waals surface area contributed by atoms with Crippen molar-refractivity contribution in [1.82, 2.24) is 9.55 Å². The number of carboxylic acid groups (broad SMARTS) is 1. The number of carboxylic acids is 1. The fourth-order valence-electron chi connectivity index (χ4n) is 3.33. The minimum Gasteiger partial charge on any atom is -0.496 e. The molecular weight excluding hydrogens is 404 g/mol. The summed E-state index contributed by atoms with van der Waals surface area (Å²) in [6.07, 6.45) is 1.21. The molecule has 154 valence electrons. The van der Waals surface area contributed by atoms with Crippen molar-refractivity contribution in [3.05, 3.63) is 80.6 Å². The number of aromatic carboxylic acids is 1. The van der Waals surface area contributed by atoms with E-state index >= 15 is 0 Å². The summed E-state index contributed by atoms with van der Waals surface area (Å²) in [6.45, 7) is 2.13. The van der Waals surface area contributed by atoms with Crippen molar-refractivity contribution in [3.8, 4) is 5.75 Å². The number of methoxy groups -OCH3 is 1. The van der Waals surface area contributed by atoms with Crippen LogP contribution in [0.15, 0.2) is 51.7 Å². The first-order valence-electron chi connectivity index (χ1n) is 9.46. The van der Waals surface area contributed by atoms with Crippen LogP contribution in [0, 0.1) is 0 Å². The standard InChI is InChI=1S/C22H20N2O5S/c1-3-15-11-16-20(30-15)23-19(10-13-6-4-5-7-17(13)28-2)24(21(16)25)12-14-8-9-18(29-14)22(26)27/h4-9,11H,3,10,12H2,1-2H3,(H,26,27). The highest BCUT2D eigenvalue weighted by molar-refractivity contribution is 7.18. The number of aromatic nitrogens is 2. The summed E-state index contributed by atoms with van der Waals surface area (Å²) in [6, 6.07) is 12.4. The maximum atomic E-state index is 13.3. The molecule has 0 aliphatic carbocycles. The van der Waals surface area contributed by atoms with Crippen LogP contribution in [0.5, 0.6) is 5.75 Å². The number of furan rings is 1. The Morgan fingerprint density at radius 2 is 2.07 bits per heavy atom. The molecule has 0 spiro atoms. The van der Waals surface area contributed by atoms with Crippen molar-refractivity contribution in [2.75, 3.05) is 7.11 Å². The van der Waals surface area contributed by atoms with E-state index in [0.29, 0.717) is 34.0 Å². The van der Waals surface area contributed by atoms with E-state index in [0.717, 1.165) is 16.9 Å². The van der Waals surface area contributed by atoms with E-state index in [1.807, 2.05) is 37.3 Å². The van der Waals surface area contributed by atoms with E-state index in [9.17, 15) is 9.59 Å².